The SMILES string of the molecule is Cc1ccccc1OP(=O)(O)C1CCCCC1. The summed E-state index contributed by atoms with van der Waals surface area (Å²) in [5.74, 6) is 0.531. The Morgan fingerprint density at radius 3 is 2.53 bits per heavy atom. The van der Waals surface area contributed by atoms with Gasteiger partial charge in [0, 0.05) is 0 Å². The maximum absolute atomic E-state index is 12.2. The van der Waals surface area contributed by atoms with Crippen LogP contribution in [0.2, 0.25) is 0 Å². The molecular weight excluding hydrogens is 235 g/mol. The second-order valence-corrected chi connectivity index (χ2v) is 6.75. The molecule has 0 spiro atoms. The minimum atomic E-state index is -3.52. The quantitative estimate of drug-likeness (QED) is 0.832. The number of hydrogen-bond donors (Lipinski definition) is 1. The lowest BCUT2D eigenvalue weighted by atomic mass is 10.0. The summed E-state index contributed by atoms with van der Waals surface area (Å²) >= 11 is 0. The van der Waals surface area contributed by atoms with Crippen molar-refractivity contribution in [2.45, 2.75) is 44.7 Å². The van der Waals surface area contributed by atoms with Gasteiger partial charge in [0.25, 0.3) is 0 Å². The van der Waals surface area contributed by atoms with Crippen molar-refractivity contribution in [1.29, 1.82) is 0 Å². The zero-order valence-corrected chi connectivity index (χ0v) is 11.0. The average Bonchev–Trinajstić information content (AvgIpc) is 2.33. The topological polar surface area (TPSA) is 46.5 Å². The summed E-state index contributed by atoms with van der Waals surface area (Å²) in [4.78, 5) is 10.1. The minimum Gasteiger partial charge on any atom is -0.424 e. The molecule has 0 amide bonds. The molecule has 1 aromatic carbocycles. The standard InChI is InChI=1S/C13H19O3P/c1-11-7-5-6-10-13(11)16-17(14,15)12-8-3-2-4-9-12/h5-7,10,12H,2-4,8-9H2,1H3,(H,14,15). The number of rotatable bonds is 3. The predicted molar refractivity (Wildman–Crippen MR) is 68.5 cm³/mol. The van der Waals surface area contributed by atoms with Gasteiger partial charge in [-0.25, -0.2) is 4.57 Å². The Balaban J connectivity index is 2.11. The summed E-state index contributed by atoms with van der Waals surface area (Å²) < 4.78 is 17.6. The molecule has 3 nitrogen and oxygen atoms in total. The molecule has 1 atom stereocenters. The van der Waals surface area contributed by atoms with Crippen LogP contribution in [0.3, 0.4) is 0 Å². The Bertz CT molecular complexity index is 424. The molecule has 1 fully saturated rings. The fourth-order valence-electron chi connectivity index (χ4n) is 2.28. The molecule has 1 aromatic rings. The van der Waals surface area contributed by atoms with Crippen molar-refractivity contribution in [1.82, 2.24) is 0 Å². The van der Waals surface area contributed by atoms with Crippen LogP contribution in [0.25, 0.3) is 0 Å². The molecule has 1 N–H and O–H groups in total. The summed E-state index contributed by atoms with van der Waals surface area (Å²) in [5, 5.41) is 0. The number of aryl methyl sites for hydroxylation is 1. The van der Waals surface area contributed by atoms with Crippen molar-refractivity contribution in [2.24, 2.45) is 0 Å². The highest BCUT2D eigenvalue weighted by molar-refractivity contribution is 7.54. The lowest BCUT2D eigenvalue weighted by molar-refractivity contribution is 0.342. The predicted octanol–water partition coefficient (Wildman–Crippen LogP) is 3.89. The molecule has 1 aliphatic rings. The van der Waals surface area contributed by atoms with Crippen molar-refractivity contribution in [3.63, 3.8) is 0 Å². The Kier molecular flexibility index (Phi) is 3.90. The maximum Gasteiger partial charge on any atom is 0.379 e. The fraction of sp³-hybridized carbons (Fsp3) is 0.538. The Morgan fingerprint density at radius 1 is 1.24 bits per heavy atom. The maximum atomic E-state index is 12.2. The van der Waals surface area contributed by atoms with Gasteiger partial charge in [-0.15, -0.1) is 0 Å². The zero-order chi connectivity index (χ0) is 12.3. The van der Waals surface area contributed by atoms with E-state index in [2.05, 4.69) is 0 Å². The van der Waals surface area contributed by atoms with Crippen molar-refractivity contribution in [2.75, 3.05) is 0 Å². The lowest BCUT2D eigenvalue weighted by Gasteiger charge is -2.26. The number of para-hydroxylation sites is 1. The van der Waals surface area contributed by atoms with E-state index in [0.717, 1.165) is 31.2 Å². The first-order chi connectivity index (χ1) is 8.09. The zero-order valence-electron chi connectivity index (χ0n) is 10.1. The molecule has 0 bridgehead atoms. The van der Waals surface area contributed by atoms with E-state index in [-0.39, 0.29) is 5.66 Å². The van der Waals surface area contributed by atoms with E-state index in [1.165, 1.54) is 6.42 Å². The van der Waals surface area contributed by atoms with Crippen molar-refractivity contribution >= 4 is 7.60 Å². The number of benzene rings is 1. The molecule has 1 unspecified atom stereocenters. The third-order valence-corrected chi connectivity index (χ3v) is 5.26. The van der Waals surface area contributed by atoms with Gasteiger partial charge in [0.1, 0.15) is 5.75 Å². The first-order valence-corrected chi connectivity index (χ1v) is 7.82. The highest BCUT2D eigenvalue weighted by Gasteiger charge is 2.34. The van der Waals surface area contributed by atoms with Crippen LogP contribution in [0, 0.1) is 6.92 Å². The van der Waals surface area contributed by atoms with Crippen LogP contribution in [-0.2, 0) is 4.57 Å². The Hall–Kier alpha value is -0.790. The highest BCUT2D eigenvalue weighted by Crippen LogP contribution is 2.53. The van der Waals surface area contributed by atoms with Gasteiger partial charge in [-0.3, -0.25) is 0 Å². The van der Waals surface area contributed by atoms with E-state index in [0.29, 0.717) is 5.75 Å². The Labute approximate surface area is 102 Å². The molecule has 4 heteroatoms. The second kappa shape index (κ2) is 5.24. The van der Waals surface area contributed by atoms with Crippen LogP contribution in [0.5, 0.6) is 5.75 Å². The summed E-state index contributed by atoms with van der Waals surface area (Å²) in [6.45, 7) is 1.89. The molecule has 1 aliphatic carbocycles. The monoisotopic (exact) mass is 254 g/mol. The van der Waals surface area contributed by atoms with Crippen molar-refractivity contribution in [3.8, 4) is 5.75 Å². The van der Waals surface area contributed by atoms with Crippen LogP contribution in [0.1, 0.15) is 37.7 Å². The van der Waals surface area contributed by atoms with Crippen LogP contribution < -0.4 is 4.52 Å². The summed E-state index contributed by atoms with van der Waals surface area (Å²) in [7, 11) is -3.52. The van der Waals surface area contributed by atoms with Crippen LogP contribution in [0.15, 0.2) is 24.3 Å². The molecule has 0 saturated heterocycles. The fourth-order valence-corrected chi connectivity index (χ4v) is 3.94. The number of hydrogen-bond acceptors (Lipinski definition) is 2. The summed E-state index contributed by atoms with van der Waals surface area (Å²) in [6.07, 6.45) is 4.85. The smallest absolute Gasteiger partial charge is 0.379 e. The first-order valence-electron chi connectivity index (χ1n) is 6.17. The van der Waals surface area contributed by atoms with Gasteiger partial charge < -0.3 is 9.42 Å². The van der Waals surface area contributed by atoms with Crippen LogP contribution >= 0.6 is 7.60 Å². The molecule has 2 rings (SSSR count). The van der Waals surface area contributed by atoms with Gasteiger partial charge >= 0.3 is 7.60 Å². The third-order valence-electron chi connectivity index (χ3n) is 3.36. The highest BCUT2D eigenvalue weighted by atomic mass is 31.2. The van der Waals surface area contributed by atoms with E-state index < -0.39 is 7.60 Å². The van der Waals surface area contributed by atoms with E-state index in [1.807, 2.05) is 25.1 Å². The first kappa shape index (κ1) is 12.7. The van der Waals surface area contributed by atoms with Gasteiger partial charge in [0.15, 0.2) is 0 Å². The Morgan fingerprint density at radius 2 is 1.88 bits per heavy atom. The lowest BCUT2D eigenvalue weighted by Crippen LogP contribution is -2.16. The van der Waals surface area contributed by atoms with Gasteiger partial charge in [-0.05, 0) is 31.4 Å². The molecule has 17 heavy (non-hydrogen) atoms. The normalized spacial score (nSPS) is 20.8. The van der Waals surface area contributed by atoms with Gasteiger partial charge in [0.05, 0.1) is 5.66 Å². The minimum absolute atomic E-state index is 0.184. The molecular formula is C13H19O3P. The largest absolute Gasteiger partial charge is 0.424 e. The van der Waals surface area contributed by atoms with E-state index in [9.17, 15) is 9.46 Å². The molecule has 0 radical (unpaired) electrons. The summed E-state index contributed by atoms with van der Waals surface area (Å²) in [5.41, 5.74) is 0.716. The van der Waals surface area contributed by atoms with E-state index in [1.54, 1.807) is 6.07 Å². The van der Waals surface area contributed by atoms with Crippen molar-refractivity contribution < 1.29 is 14.0 Å². The summed E-state index contributed by atoms with van der Waals surface area (Å²) in [6, 6.07) is 7.35. The van der Waals surface area contributed by atoms with Crippen LogP contribution in [0.4, 0.5) is 0 Å². The van der Waals surface area contributed by atoms with E-state index >= 15 is 0 Å². The second-order valence-electron chi connectivity index (χ2n) is 4.71. The van der Waals surface area contributed by atoms with Gasteiger partial charge in [-0.2, -0.15) is 0 Å². The van der Waals surface area contributed by atoms with E-state index in [4.69, 9.17) is 4.52 Å². The van der Waals surface area contributed by atoms with Gasteiger partial charge in [0.2, 0.25) is 0 Å². The average molecular weight is 254 g/mol. The molecule has 94 valence electrons. The molecule has 0 aromatic heterocycles. The molecule has 0 heterocycles. The third kappa shape index (κ3) is 3.11. The van der Waals surface area contributed by atoms with Crippen molar-refractivity contribution in [3.05, 3.63) is 29.8 Å². The van der Waals surface area contributed by atoms with Crippen LogP contribution in [-0.4, -0.2) is 10.6 Å². The van der Waals surface area contributed by atoms with Gasteiger partial charge in [-0.1, -0.05) is 37.5 Å². The molecule has 0 aliphatic heterocycles. The molecule has 1 saturated carbocycles.